The molecule has 1 aliphatic rings. The molecule has 0 bridgehead atoms. The first-order chi connectivity index (χ1) is 9.74. The number of aromatic nitrogens is 2. The third kappa shape index (κ3) is 2.07. The number of rotatable bonds is 3. The topological polar surface area (TPSA) is 66.7 Å². The van der Waals surface area contributed by atoms with Gasteiger partial charge < -0.3 is 10.2 Å². The van der Waals surface area contributed by atoms with Gasteiger partial charge in [-0.25, -0.2) is 4.98 Å². The van der Waals surface area contributed by atoms with Crippen LogP contribution in [0.25, 0.3) is 4.96 Å². The summed E-state index contributed by atoms with van der Waals surface area (Å²) in [5.41, 5.74) is 0.568. The summed E-state index contributed by atoms with van der Waals surface area (Å²) in [7, 11) is 1.66. The van der Waals surface area contributed by atoms with Crippen molar-refractivity contribution in [2.24, 2.45) is 5.92 Å². The number of fused-ring (bicyclic) bond motifs is 1. The molecule has 1 fully saturated rings. The SMILES string of the molecule is CNC(=O)C1CCCN(c2nc3sccn3c2C=O)C1. The van der Waals surface area contributed by atoms with Gasteiger partial charge in [-0.15, -0.1) is 11.3 Å². The lowest BCUT2D eigenvalue weighted by Crippen LogP contribution is -2.42. The fourth-order valence-corrected chi connectivity index (χ4v) is 3.44. The van der Waals surface area contributed by atoms with Crippen molar-refractivity contribution in [3.63, 3.8) is 0 Å². The van der Waals surface area contributed by atoms with Gasteiger partial charge in [-0.1, -0.05) is 0 Å². The molecule has 1 amide bonds. The third-order valence-electron chi connectivity index (χ3n) is 3.73. The van der Waals surface area contributed by atoms with Gasteiger partial charge in [-0.3, -0.25) is 14.0 Å². The molecule has 3 heterocycles. The number of thiazole rings is 1. The third-order valence-corrected chi connectivity index (χ3v) is 4.49. The summed E-state index contributed by atoms with van der Waals surface area (Å²) in [5.74, 6) is 0.719. The van der Waals surface area contributed by atoms with E-state index in [9.17, 15) is 9.59 Å². The Labute approximate surface area is 120 Å². The van der Waals surface area contributed by atoms with Crippen LogP contribution in [0.5, 0.6) is 0 Å². The molecule has 7 heteroatoms. The predicted octanol–water partition coefficient (Wildman–Crippen LogP) is 1.17. The van der Waals surface area contributed by atoms with Crippen molar-refractivity contribution >= 4 is 34.3 Å². The Balaban J connectivity index is 1.92. The van der Waals surface area contributed by atoms with Crippen molar-refractivity contribution < 1.29 is 9.59 Å². The van der Waals surface area contributed by atoms with E-state index in [0.717, 1.165) is 30.6 Å². The van der Waals surface area contributed by atoms with Crippen LogP contribution in [-0.4, -0.2) is 41.7 Å². The molecule has 1 N–H and O–H groups in total. The Hall–Kier alpha value is -1.89. The van der Waals surface area contributed by atoms with Crippen LogP contribution in [0.1, 0.15) is 23.3 Å². The molecule has 2 aromatic rings. The first kappa shape index (κ1) is 13.1. The normalized spacial score (nSPS) is 19.2. The number of nitrogens with zero attached hydrogens (tertiary/aromatic N) is 3. The Morgan fingerprint density at radius 3 is 3.20 bits per heavy atom. The molecule has 106 valence electrons. The average Bonchev–Trinajstić information content (AvgIpc) is 3.06. The molecule has 0 aliphatic carbocycles. The van der Waals surface area contributed by atoms with Gasteiger partial charge in [0.1, 0.15) is 5.69 Å². The van der Waals surface area contributed by atoms with Crippen LogP contribution in [0, 0.1) is 5.92 Å². The van der Waals surface area contributed by atoms with Crippen molar-refractivity contribution in [1.82, 2.24) is 14.7 Å². The zero-order chi connectivity index (χ0) is 14.1. The highest BCUT2D eigenvalue weighted by atomic mass is 32.1. The van der Waals surface area contributed by atoms with Crippen LogP contribution >= 0.6 is 11.3 Å². The maximum atomic E-state index is 11.8. The number of carbonyl (C=O) groups is 2. The summed E-state index contributed by atoms with van der Waals surface area (Å²) < 4.78 is 1.80. The predicted molar refractivity (Wildman–Crippen MR) is 77.5 cm³/mol. The monoisotopic (exact) mass is 292 g/mol. The maximum absolute atomic E-state index is 11.8. The van der Waals surface area contributed by atoms with Crippen LogP contribution in [0.4, 0.5) is 5.82 Å². The molecule has 6 nitrogen and oxygen atoms in total. The van der Waals surface area contributed by atoms with Gasteiger partial charge in [0.25, 0.3) is 0 Å². The number of hydrogen-bond donors (Lipinski definition) is 1. The smallest absolute Gasteiger partial charge is 0.224 e. The van der Waals surface area contributed by atoms with E-state index in [1.165, 1.54) is 11.3 Å². The zero-order valence-corrected chi connectivity index (χ0v) is 12.0. The molecule has 3 rings (SSSR count). The molecule has 0 aromatic carbocycles. The largest absolute Gasteiger partial charge is 0.359 e. The highest BCUT2D eigenvalue weighted by molar-refractivity contribution is 7.15. The second-order valence-corrected chi connectivity index (χ2v) is 5.77. The first-order valence-corrected chi connectivity index (χ1v) is 7.50. The second-order valence-electron chi connectivity index (χ2n) is 4.89. The van der Waals surface area contributed by atoms with Crippen LogP contribution in [-0.2, 0) is 4.79 Å². The van der Waals surface area contributed by atoms with Gasteiger partial charge in [0.15, 0.2) is 17.1 Å². The number of aldehydes is 1. The molecule has 0 saturated carbocycles. The van der Waals surface area contributed by atoms with Crippen molar-refractivity contribution in [3.05, 3.63) is 17.3 Å². The van der Waals surface area contributed by atoms with Gasteiger partial charge in [-0.2, -0.15) is 0 Å². The fraction of sp³-hybridized carbons (Fsp3) is 0.462. The first-order valence-electron chi connectivity index (χ1n) is 6.62. The minimum atomic E-state index is -0.0343. The highest BCUT2D eigenvalue weighted by Crippen LogP contribution is 2.27. The molecule has 2 aromatic heterocycles. The van der Waals surface area contributed by atoms with E-state index in [1.54, 1.807) is 11.4 Å². The van der Waals surface area contributed by atoms with Crippen LogP contribution in [0.2, 0.25) is 0 Å². The molecule has 0 radical (unpaired) electrons. The standard InChI is InChI=1S/C13H16N4O2S/c1-14-12(19)9-3-2-4-16(7-9)11-10(8-18)17-5-6-20-13(17)15-11/h5-6,8-9H,2-4,7H2,1H3,(H,14,19). The van der Waals surface area contributed by atoms with E-state index in [4.69, 9.17) is 0 Å². The van der Waals surface area contributed by atoms with Gasteiger partial charge in [0.05, 0.1) is 5.92 Å². The Morgan fingerprint density at radius 2 is 2.45 bits per heavy atom. The highest BCUT2D eigenvalue weighted by Gasteiger charge is 2.28. The molecule has 20 heavy (non-hydrogen) atoms. The van der Waals surface area contributed by atoms with Crippen LogP contribution in [0.15, 0.2) is 11.6 Å². The number of piperidine rings is 1. The van der Waals surface area contributed by atoms with E-state index < -0.39 is 0 Å². The molecule has 1 saturated heterocycles. The van der Waals surface area contributed by atoms with Crippen molar-refractivity contribution in [2.45, 2.75) is 12.8 Å². The van der Waals surface area contributed by atoms with Crippen molar-refractivity contribution in [3.8, 4) is 0 Å². The van der Waals surface area contributed by atoms with E-state index >= 15 is 0 Å². The molecular formula is C13H16N4O2S. The minimum absolute atomic E-state index is 0.0343. The lowest BCUT2D eigenvalue weighted by molar-refractivity contribution is -0.124. The van der Waals surface area contributed by atoms with Gasteiger partial charge >= 0.3 is 0 Å². The fourth-order valence-electron chi connectivity index (χ4n) is 2.72. The summed E-state index contributed by atoms with van der Waals surface area (Å²) in [6, 6.07) is 0. The van der Waals surface area contributed by atoms with Gasteiger partial charge in [-0.05, 0) is 12.8 Å². The number of nitrogens with one attached hydrogen (secondary N) is 1. The Bertz CT molecular complexity index is 648. The summed E-state index contributed by atoms with van der Waals surface area (Å²) in [4.78, 5) is 30.5. The number of amides is 1. The summed E-state index contributed by atoms with van der Waals surface area (Å²) in [6.45, 7) is 1.45. The minimum Gasteiger partial charge on any atom is -0.359 e. The number of imidazole rings is 1. The average molecular weight is 292 g/mol. The quantitative estimate of drug-likeness (QED) is 0.862. The Kier molecular flexibility index (Phi) is 3.43. The number of hydrogen-bond acceptors (Lipinski definition) is 5. The van der Waals surface area contributed by atoms with Crippen LogP contribution in [0.3, 0.4) is 0 Å². The number of anilines is 1. The summed E-state index contributed by atoms with van der Waals surface area (Å²) in [6.07, 6.45) is 4.50. The summed E-state index contributed by atoms with van der Waals surface area (Å²) >= 11 is 1.50. The molecule has 1 aliphatic heterocycles. The van der Waals surface area contributed by atoms with E-state index in [0.29, 0.717) is 18.1 Å². The van der Waals surface area contributed by atoms with E-state index in [1.807, 2.05) is 16.5 Å². The Morgan fingerprint density at radius 1 is 1.60 bits per heavy atom. The number of carbonyl (C=O) groups excluding carboxylic acids is 2. The van der Waals surface area contributed by atoms with Gasteiger partial charge in [0, 0.05) is 31.7 Å². The summed E-state index contributed by atoms with van der Waals surface area (Å²) in [5, 5.41) is 4.60. The lowest BCUT2D eigenvalue weighted by Gasteiger charge is -2.32. The van der Waals surface area contributed by atoms with Crippen molar-refractivity contribution in [2.75, 3.05) is 25.0 Å². The molecule has 0 spiro atoms. The van der Waals surface area contributed by atoms with Gasteiger partial charge in [0.2, 0.25) is 5.91 Å². The maximum Gasteiger partial charge on any atom is 0.224 e. The lowest BCUT2D eigenvalue weighted by atomic mass is 9.97. The molecule has 1 atom stereocenters. The second kappa shape index (κ2) is 5.24. The molecule has 1 unspecified atom stereocenters. The van der Waals surface area contributed by atoms with E-state index in [2.05, 4.69) is 10.3 Å². The van der Waals surface area contributed by atoms with Crippen molar-refractivity contribution in [1.29, 1.82) is 0 Å². The van der Waals surface area contributed by atoms with Crippen LogP contribution < -0.4 is 10.2 Å². The molecular weight excluding hydrogens is 276 g/mol. The van der Waals surface area contributed by atoms with E-state index in [-0.39, 0.29) is 11.8 Å². The zero-order valence-electron chi connectivity index (χ0n) is 11.2.